The van der Waals surface area contributed by atoms with Gasteiger partial charge in [0, 0.05) is 12.6 Å². The number of aryl methyl sites for hydroxylation is 1. The van der Waals surface area contributed by atoms with Gasteiger partial charge in [-0.25, -0.2) is 0 Å². The Bertz CT molecular complexity index is 804. The zero-order chi connectivity index (χ0) is 17.7. The number of rotatable bonds is 7. The predicted octanol–water partition coefficient (Wildman–Crippen LogP) is 1.92. The summed E-state index contributed by atoms with van der Waals surface area (Å²) in [6.45, 7) is 5.74. The van der Waals surface area contributed by atoms with Crippen LogP contribution in [0.15, 0.2) is 36.7 Å². The van der Waals surface area contributed by atoms with Crippen LogP contribution >= 0.6 is 0 Å². The van der Waals surface area contributed by atoms with Crippen molar-refractivity contribution in [2.75, 3.05) is 0 Å². The van der Waals surface area contributed by atoms with Crippen LogP contribution in [0.1, 0.15) is 30.6 Å². The molecule has 1 amide bonds. The second-order valence-corrected chi connectivity index (χ2v) is 5.30. The molecule has 0 saturated heterocycles. The maximum Gasteiger partial charge on any atom is 0.212 e. The van der Waals surface area contributed by atoms with Crippen LogP contribution in [0.2, 0.25) is 0 Å². The molecule has 0 aliphatic rings. The van der Waals surface area contributed by atoms with E-state index in [4.69, 9.17) is 5.26 Å². The van der Waals surface area contributed by atoms with E-state index in [9.17, 15) is 9.90 Å². The van der Waals surface area contributed by atoms with Gasteiger partial charge >= 0.3 is 0 Å². The van der Waals surface area contributed by atoms with E-state index in [1.54, 1.807) is 16.8 Å². The molecule has 1 heterocycles. The van der Waals surface area contributed by atoms with E-state index in [1.165, 1.54) is 6.07 Å². The van der Waals surface area contributed by atoms with Crippen molar-refractivity contribution in [1.82, 2.24) is 20.4 Å². The molecule has 2 aromatic rings. The Morgan fingerprint density at radius 3 is 2.88 bits per heavy atom. The van der Waals surface area contributed by atoms with Crippen LogP contribution in [0, 0.1) is 11.3 Å². The number of aromatic hydroxyl groups is 1. The zero-order valence-corrected chi connectivity index (χ0v) is 13.6. The smallest absolute Gasteiger partial charge is 0.212 e. The van der Waals surface area contributed by atoms with Crippen LogP contribution in [0.5, 0.6) is 5.75 Å². The summed E-state index contributed by atoms with van der Waals surface area (Å²) in [5.74, 6) is 0.425. The number of phenols is 1. The summed E-state index contributed by atoms with van der Waals surface area (Å²) >= 11 is 0. The quantitative estimate of drug-likeness (QED) is 0.675. The summed E-state index contributed by atoms with van der Waals surface area (Å²) < 4.78 is 1.72. The van der Waals surface area contributed by atoms with Gasteiger partial charge < -0.3 is 15.7 Å². The number of benzene rings is 1. The van der Waals surface area contributed by atoms with Crippen LogP contribution in [0.3, 0.4) is 0 Å². The van der Waals surface area contributed by atoms with Gasteiger partial charge in [-0.15, -0.1) is 0 Å². The minimum absolute atomic E-state index is 0.0185. The molecule has 1 atom stereocenters. The fourth-order valence-electron chi connectivity index (χ4n) is 2.48. The number of nitriles is 1. The molecule has 0 bridgehead atoms. The molecule has 1 aromatic heterocycles. The Morgan fingerprint density at radius 1 is 1.50 bits per heavy atom. The van der Waals surface area contributed by atoms with Gasteiger partial charge in [-0.1, -0.05) is 13.5 Å². The largest absolute Gasteiger partial charge is 0.508 e. The average Bonchev–Trinajstić information content (AvgIpc) is 2.94. The number of hydrogen-bond donors (Lipinski definition) is 3. The first-order valence-electron chi connectivity index (χ1n) is 7.42. The average molecular weight is 325 g/mol. The monoisotopic (exact) mass is 325 g/mol. The lowest BCUT2D eigenvalue weighted by Gasteiger charge is -2.19. The third-order valence-corrected chi connectivity index (χ3v) is 3.61. The molecule has 3 N–H and O–H groups in total. The fourth-order valence-corrected chi connectivity index (χ4v) is 2.48. The highest BCUT2D eigenvalue weighted by Crippen LogP contribution is 2.27. The molecular formula is C17H19N5O2. The highest BCUT2D eigenvalue weighted by atomic mass is 16.3. The van der Waals surface area contributed by atoms with Crippen LogP contribution in [-0.2, 0) is 11.8 Å². The van der Waals surface area contributed by atoms with Gasteiger partial charge in [0.15, 0.2) is 0 Å². The number of amides is 1. The van der Waals surface area contributed by atoms with Crippen LogP contribution < -0.4 is 10.6 Å². The molecular weight excluding hydrogens is 306 g/mol. The molecule has 24 heavy (non-hydrogen) atoms. The SMILES string of the molecule is C=C(NC=O)NC(CC)c1cc(-c2cc(O)cc(C#N)c2)nn1C. The maximum atomic E-state index is 10.5. The standard InChI is InChI=1S/C17H19N5O2/c1-4-15(20-11(2)19-10-23)17-8-16(21-22(17)3)13-5-12(9-18)6-14(24)7-13/h5-8,10,15,20,24H,2,4H2,1,3H3,(H,19,23). The molecule has 2 rings (SSSR count). The highest BCUT2D eigenvalue weighted by molar-refractivity contribution is 5.64. The molecule has 0 spiro atoms. The summed E-state index contributed by atoms with van der Waals surface area (Å²) in [5.41, 5.74) is 2.57. The highest BCUT2D eigenvalue weighted by Gasteiger charge is 2.17. The van der Waals surface area contributed by atoms with Crippen molar-refractivity contribution in [2.24, 2.45) is 7.05 Å². The van der Waals surface area contributed by atoms with Crippen LogP contribution in [0.25, 0.3) is 11.3 Å². The summed E-state index contributed by atoms with van der Waals surface area (Å²) in [6.07, 6.45) is 1.31. The molecule has 124 valence electrons. The summed E-state index contributed by atoms with van der Waals surface area (Å²) in [6, 6.07) is 8.44. The molecule has 0 aliphatic carbocycles. The second-order valence-electron chi connectivity index (χ2n) is 5.30. The van der Waals surface area contributed by atoms with E-state index in [2.05, 4.69) is 22.3 Å². The number of phenolic OH excluding ortho intramolecular Hbond substituents is 1. The van der Waals surface area contributed by atoms with Crippen LogP contribution in [0.4, 0.5) is 0 Å². The van der Waals surface area contributed by atoms with Gasteiger partial charge in [0.25, 0.3) is 0 Å². The van der Waals surface area contributed by atoms with Crippen molar-refractivity contribution < 1.29 is 9.90 Å². The van der Waals surface area contributed by atoms with Gasteiger partial charge in [0.1, 0.15) is 5.75 Å². The van der Waals surface area contributed by atoms with Gasteiger partial charge in [-0.3, -0.25) is 9.48 Å². The Morgan fingerprint density at radius 2 is 2.25 bits per heavy atom. The number of hydrogen-bond acceptors (Lipinski definition) is 5. The lowest BCUT2D eigenvalue weighted by atomic mass is 10.1. The Labute approximate surface area is 140 Å². The number of aromatic nitrogens is 2. The molecule has 1 aromatic carbocycles. The molecule has 7 nitrogen and oxygen atoms in total. The molecule has 1 unspecified atom stereocenters. The lowest BCUT2D eigenvalue weighted by molar-refractivity contribution is -0.109. The van der Waals surface area contributed by atoms with Crippen molar-refractivity contribution in [2.45, 2.75) is 19.4 Å². The van der Waals surface area contributed by atoms with E-state index in [0.29, 0.717) is 29.1 Å². The number of nitrogens with one attached hydrogen (secondary N) is 2. The number of carbonyl (C=O) groups is 1. The van der Waals surface area contributed by atoms with Crippen molar-refractivity contribution in [1.29, 1.82) is 5.26 Å². The second kappa shape index (κ2) is 7.33. The summed E-state index contributed by atoms with van der Waals surface area (Å²) in [4.78, 5) is 10.5. The molecule has 0 aliphatic heterocycles. The summed E-state index contributed by atoms with van der Waals surface area (Å²) in [7, 11) is 1.81. The molecule has 0 saturated carbocycles. The van der Waals surface area contributed by atoms with Crippen LogP contribution in [-0.4, -0.2) is 21.3 Å². The van der Waals surface area contributed by atoms with Gasteiger partial charge in [0.2, 0.25) is 6.41 Å². The van der Waals surface area contributed by atoms with E-state index >= 15 is 0 Å². The van der Waals surface area contributed by atoms with E-state index in [-0.39, 0.29) is 11.8 Å². The van der Waals surface area contributed by atoms with Crippen molar-refractivity contribution in [3.63, 3.8) is 0 Å². The third kappa shape index (κ3) is 3.73. The predicted molar refractivity (Wildman–Crippen MR) is 89.5 cm³/mol. The Hall–Kier alpha value is -3.27. The first kappa shape index (κ1) is 17.1. The van der Waals surface area contributed by atoms with Crippen molar-refractivity contribution in [3.05, 3.63) is 47.9 Å². The third-order valence-electron chi connectivity index (χ3n) is 3.61. The van der Waals surface area contributed by atoms with Crippen molar-refractivity contribution in [3.8, 4) is 23.1 Å². The fraction of sp³-hybridized carbons (Fsp3) is 0.235. The number of nitrogens with zero attached hydrogens (tertiary/aromatic N) is 3. The summed E-state index contributed by atoms with van der Waals surface area (Å²) in [5, 5.41) is 28.8. The first-order chi connectivity index (χ1) is 11.5. The van der Waals surface area contributed by atoms with E-state index < -0.39 is 0 Å². The van der Waals surface area contributed by atoms with E-state index in [1.807, 2.05) is 26.1 Å². The minimum Gasteiger partial charge on any atom is -0.508 e. The minimum atomic E-state index is -0.0936. The van der Waals surface area contributed by atoms with E-state index in [0.717, 1.165) is 12.1 Å². The zero-order valence-electron chi connectivity index (χ0n) is 13.6. The molecule has 0 radical (unpaired) electrons. The Balaban J connectivity index is 2.35. The lowest BCUT2D eigenvalue weighted by Crippen LogP contribution is -2.29. The normalized spacial score (nSPS) is 11.4. The molecule has 0 fully saturated rings. The van der Waals surface area contributed by atoms with Crippen molar-refractivity contribution >= 4 is 6.41 Å². The first-order valence-corrected chi connectivity index (χ1v) is 7.42. The molecule has 7 heteroatoms. The van der Waals surface area contributed by atoms with Gasteiger partial charge in [-0.05, 0) is 30.7 Å². The number of carbonyl (C=O) groups excluding carboxylic acids is 1. The Kier molecular flexibility index (Phi) is 5.22. The van der Waals surface area contributed by atoms with Gasteiger partial charge in [0.05, 0.1) is 34.9 Å². The van der Waals surface area contributed by atoms with Gasteiger partial charge in [-0.2, -0.15) is 10.4 Å². The maximum absolute atomic E-state index is 10.5. The topological polar surface area (TPSA) is 103 Å².